The van der Waals surface area contributed by atoms with Crippen molar-refractivity contribution in [1.29, 1.82) is 0 Å². The SMILES string of the molecule is CCCCCCCOC(=O)C(CCC)CCC. The molecular formula is C15H30O2. The molecule has 2 heteroatoms. The Morgan fingerprint density at radius 2 is 1.47 bits per heavy atom. The van der Waals surface area contributed by atoms with Gasteiger partial charge in [0.1, 0.15) is 0 Å². The van der Waals surface area contributed by atoms with E-state index in [-0.39, 0.29) is 11.9 Å². The predicted molar refractivity (Wildman–Crippen MR) is 73.0 cm³/mol. The smallest absolute Gasteiger partial charge is 0.308 e. The first kappa shape index (κ1) is 16.5. The van der Waals surface area contributed by atoms with Gasteiger partial charge >= 0.3 is 5.97 Å². The first-order chi connectivity index (χ1) is 8.26. The molecule has 0 aromatic rings. The quantitative estimate of drug-likeness (QED) is 0.387. The minimum atomic E-state index is 0.0317. The number of hydrogen-bond donors (Lipinski definition) is 0. The molecule has 0 amide bonds. The van der Waals surface area contributed by atoms with Gasteiger partial charge in [-0.2, -0.15) is 0 Å². The molecule has 0 aromatic heterocycles. The third kappa shape index (κ3) is 9.20. The minimum absolute atomic E-state index is 0.0317. The Morgan fingerprint density at radius 3 is 2.00 bits per heavy atom. The first-order valence-corrected chi connectivity index (χ1v) is 7.42. The van der Waals surface area contributed by atoms with Crippen LogP contribution in [0.2, 0.25) is 0 Å². The number of unbranched alkanes of at least 4 members (excludes halogenated alkanes) is 4. The predicted octanol–water partition coefficient (Wildman–Crippen LogP) is 4.72. The molecule has 0 spiro atoms. The minimum Gasteiger partial charge on any atom is -0.465 e. The van der Waals surface area contributed by atoms with Gasteiger partial charge in [-0.25, -0.2) is 0 Å². The van der Waals surface area contributed by atoms with Crippen molar-refractivity contribution in [2.75, 3.05) is 6.61 Å². The average molecular weight is 242 g/mol. The van der Waals surface area contributed by atoms with E-state index in [1.165, 1.54) is 25.7 Å². The van der Waals surface area contributed by atoms with Crippen LogP contribution in [0.1, 0.15) is 78.6 Å². The zero-order valence-electron chi connectivity index (χ0n) is 12.0. The Bertz CT molecular complexity index is 172. The van der Waals surface area contributed by atoms with Crippen molar-refractivity contribution >= 4 is 5.97 Å². The summed E-state index contributed by atoms with van der Waals surface area (Å²) in [5.74, 6) is 0.171. The van der Waals surface area contributed by atoms with Crippen molar-refractivity contribution in [3.63, 3.8) is 0 Å². The molecule has 0 atom stereocenters. The summed E-state index contributed by atoms with van der Waals surface area (Å²) in [6, 6.07) is 0. The van der Waals surface area contributed by atoms with E-state index in [1.54, 1.807) is 0 Å². The van der Waals surface area contributed by atoms with E-state index in [0.717, 1.165) is 32.1 Å². The van der Waals surface area contributed by atoms with Crippen LogP contribution in [-0.4, -0.2) is 12.6 Å². The highest BCUT2D eigenvalue weighted by Gasteiger charge is 2.17. The molecule has 0 N–H and O–H groups in total. The molecule has 0 radical (unpaired) electrons. The Labute approximate surface area is 107 Å². The summed E-state index contributed by atoms with van der Waals surface area (Å²) < 4.78 is 5.35. The van der Waals surface area contributed by atoms with Gasteiger partial charge in [0.15, 0.2) is 0 Å². The lowest BCUT2D eigenvalue weighted by Crippen LogP contribution is -2.18. The molecule has 0 saturated heterocycles. The lowest BCUT2D eigenvalue weighted by molar-refractivity contribution is -0.149. The average Bonchev–Trinajstić information content (AvgIpc) is 2.33. The van der Waals surface area contributed by atoms with Crippen molar-refractivity contribution in [2.45, 2.75) is 78.6 Å². The maximum Gasteiger partial charge on any atom is 0.308 e. The van der Waals surface area contributed by atoms with Crippen molar-refractivity contribution < 1.29 is 9.53 Å². The Hall–Kier alpha value is -0.530. The summed E-state index contributed by atoms with van der Waals surface area (Å²) >= 11 is 0. The van der Waals surface area contributed by atoms with Gasteiger partial charge in [-0.3, -0.25) is 4.79 Å². The van der Waals surface area contributed by atoms with Crippen LogP contribution in [0.25, 0.3) is 0 Å². The molecule has 0 aliphatic rings. The fourth-order valence-electron chi connectivity index (χ4n) is 2.07. The van der Waals surface area contributed by atoms with Crippen LogP contribution in [0.4, 0.5) is 0 Å². The topological polar surface area (TPSA) is 26.3 Å². The number of rotatable bonds is 11. The second kappa shape index (κ2) is 11.9. The second-order valence-corrected chi connectivity index (χ2v) is 4.86. The van der Waals surface area contributed by atoms with Gasteiger partial charge in [-0.05, 0) is 19.3 Å². The molecule has 0 aromatic carbocycles. The van der Waals surface area contributed by atoms with E-state index in [2.05, 4.69) is 20.8 Å². The number of esters is 1. The number of hydrogen-bond acceptors (Lipinski definition) is 2. The van der Waals surface area contributed by atoms with Crippen LogP contribution in [-0.2, 0) is 9.53 Å². The van der Waals surface area contributed by atoms with Gasteiger partial charge in [0, 0.05) is 0 Å². The van der Waals surface area contributed by atoms with E-state index in [1.807, 2.05) is 0 Å². The molecule has 17 heavy (non-hydrogen) atoms. The van der Waals surface area contributed by atoms with Crippen molar-refractivity contribution in [3.05, 3.63) is 0 Å². The maximum absolute atomic E-state index is 11.8. The van der Waals surface area contributed by atoms with Crippen LogP contribution >= 0.6 is 0 Å². The highest BCUT2D eigenvalue weighted by molar-refractivity contribution is 5.72. The molecular weight excluding hydrogens is 212 g/mol. The Morgan fingerprint density at radius 1 is 0.882 bits per heavy atom. The third-order valence-electron chi connectivity index (χ3n) is 3.10. The summed E-state index contributed by atoms with van der Waals surface area (Å²) in [5.41, 5.74) is 0. The normalized spacial score (nSPS) is 10.8. The highest BCUT2D eigenvalue weighted by atomic mass is 16.5. The van der Waals surface area contributed by atoms with Crippen LogP contribution in [0.3, 0.4) is 0 Å². The van der Waals surface area contributed by atoms with E-state index in [4.69, 9.17) is 4.74 Å². The number of ether oxygens (including phenoxy) is 1. The van der Waals surface area contributed by atoms with E-state index < -0.39 is 0 Å². The summed E-state index contributed by atoms with van der Waals surface area (Å²) in [6.45, 7) is 7.08. The zero-order chi connectivity index (χ0) is 12.9. The summed E-state index contributed by atoms with van der Waals surface area (Å²) in [7, 11) is 0. The van der Waals surface area contributed by atoms with Gasteiger partial charge < -0.3 is 4.74 Å². The van der Waals surface area contributed by atoms with Gasteiger partial charge in [0.2, 0.25) is 0 Å². The molecule has 0 aliphatic heterocycles. The summed E-state index contributed by atoms with van der Waals surface area (Å²) in [6.07, 6.45) is 10.1. The van der Waals surface area contributed by atoms with Crippen molar-refractivity contribution in [3.8, 4) is 0 Å². The summed E-state index contributed by atoms with van der Waals surface area (Å²) in [4.78, 5) is 11.8. The molecule has 0 saturated carbocycles. The van der Waals surface area contributed by atoms with Gasteiger partial charge in [0.05, 0.1) is 12.5 Å². The number of carbonyl (C=O) groups excluding carboxylic acids is 1. The fraction of sp³-hybridized carbons (Fsp3) is 0.933. The van der Waals surface area contributed by atoms with E-state index >= 15 is 0 Å². The van der Waals surface area contributed by atoms with Crippen molar-refractivity contribution in [2.24, 2.45) is 5.92 Å². The van der Waals surface area contributed by atoms with Gasteiger partial charge in [-0.1, -0.05) is 59.3 Å². The Balaban J connectivity index is 3.59. The van der Waals surface area contributed by atoms with Crippen LogP contribution in [0.5, 0.6) is 0 Å². The molecule has 0 bridgehead atoms. The van der Waals surface area contributed by atoms with Crippen LogP contribution in [0, 0.1) is 5.92 Å². The molecule has 0 heterocycles. The monoisotopic (exact) mass is 242 g/mol. The first-order valence-electron chi connectivity index (χ1n) is 7.42. The summed E-state index contributed by atoms with van der Waals surface area (Å²) in [5, 5.41) is 0. The van der Waals surface area contributed by atoms with E-state index in [0.29, 0.717) is 6.61 Å². The molecule has 0 rings (SSSR count). The van der Waals surface area contributed by atoms with Crippen LogP contribution < -0.4 is 0 Å². The van der Waals surface area contributed by atoms with Crippen molar-refractivity contribution in [1.82, 2.24) is 0 Å². The standard InChI is InChI=1S/C15H30O2/c1-4-7-8-9-10-13-17-15(16)14(11-5-2)12-6-3/h14H,4-13H2,1-3H3. The largest absolute Gasteiger partial charge is 0.465 e. The second-order valence-electron chi connectivity index (χ2n) is 4.86. The number of carbonyl (C=O) groups is 1. The fourth-order valence-corrected chi connectivity index (χ4v) is 2.07. The van der Waals surface area contributed by atoms with Crippen LogP contribution in [0.15, 0.2) is 0 Å². The Kier molecular flexibility index (Phi) is 11.6. The zero-order valence-corrected chi connectivity index (χ0v) is 12.0. The lowest BCUT2D eigenvalue weighted by atomic mass is 9.99. The van der Waals surface area contributed by atoms with E-state index in [9.17, 15) is 4.79 Å². The molecule has 2 nitrogen and oxygen atoms in total. The van der Waals surface area contributed by atoms with Gasteiger partial charge in [-0.15, -0.1) is 0 Å². The lowest BCUT2D eigenvalue weighted by Gasteiger charge is -2.14. The van der Waals surface area contributed by atoms with Gasteiger partial charge in [0.25, 0.3) is 0 Å². The third-order valence-corrected chi connectivity index (χ3v) is 3.10. The molecule has 102 valence electrons. The molecule has 0 fully saturated rings. The molecule has 0 unspecified atom stereocenters. The highest BCUT2D eigenvalue weighted by Crippen LogP contribution is 2.15. The molecule has 0 aliphatic carbocycles. The maximum atomic E-state index is 11.8.